The Morgan fingerprint density at radius 1 is 1.20 bits per heavy atom. The van der Waals surface area contributed by atoms with Gasteiger partial charge in [0.25, 0.3) is 0 Å². The van der Waals surface area contributed by atoms with Crippen molar-refractivity contribution in [3.05, 3.63) is 48.1 Å². The standard InChI is InChI=1S/C22H24ClF2N9O/c1-22(2,6-9-35-20-14(12-29-33(20)3)19-27-7-4-18(26)30-19)31-16-10-17(23)28-11-13(16)15-5-8-34(32-15)21(24)25/h4-5,7-8,10-12,21H,6,9H2,1-3H3,(H,28,31)(H2,26,27,30). The van der Waals surface area contributed by atoms with Gasteiger partial charge in [0, 0.05) is 48.8 Å². The zero-order chi connectivity index (χ0) is 25.2. The molecule has 184 valence electrons. The summed E-state index contributed by atoms with van der Waals surface area (Å²) in [6.07, 6.45) is 6.48. The topological polar surface area (TPSA) is 122 Å². The minimum Gasteiger partial charge on any atom is -0.477 e. The molecule has 0 aromatic carbocycles. The minimum atomic E-state index is -2.73. The van der Waals surface area contributed by atoms with Crippen molar-refractivity contribution in [2.45, 2.75) is 32.4 Å². The predicted octanol–water partition coefficient (Wildman–Crippen LogP) is 4.43. The zero-order valence-electron chi connectivity index (χ0n) is 19.3. The monoisotopic (exact) mass is 503 g/mol. The molecule has 4 heterocycles. The van der Waals surface area contributed by atoms with Gasteiger partial charge in [-0.15, -0.1) is 0 Å². The first-order valence-electron chi connectivity index (χ1n) is 10.6. The normalized spacial score (nSPS) is 11.7. The quantitative estimate of drug-likeness (QED) is 0.322. The first-order chi connectivity index (χ1) is 16.6. The number of aryl methyl sites for hydroxylation is 1. The van der Waals surface area contributed by atoms with Crippen molar-refractivity contribution >= 4 is 23.1 Å². The molecule has 0 unspecified atom stereocenters. The van der Waals surface area contributed by atoms with E-state index >= 15 is 0 Å². The summed E-state index contributed by atoms with van der Waals surface area (Å²) < 4.78 is 34.2. The molecule has 3 N–H and O–H groups in total. The van der Waals surface area contributed by atoms with Crippen LogP contribution in [-0.2, 0) is 7.05 Å². The van der Waals surface area contributed by atoms with Crippen molar-refractivity contribution in [1.29, 1.82) is 0 Å². The van der Waals surface area contributed by atoms with Crippen LogP contribution in [0, 0.1) is 0 Å². The fourth-order valence-electron chi connectivity index (χ4n) is 3.41. The van der Waals surface area contributed by atoms with Crippen LogP contribution in [0.4, 0.5) is 20.3 Å². The molecular weight excluding hydrogens is 480 g/mol. The van der Waals surface area contributed by atoms with Crippen molar-refractivity contribution in [2.24, 2.45) is 7.05 Å². The summed E-state index contributed by atoms with van der Waals surface area (Å²) in [5.41, 5.74) is 7.45. The number of nitrogen functional groups attached to an aromatic ring is 1. The van der Waals surface area contributed by atoms with Crippen LogP contribution in [0.5, 0.6) is 5.88 Å². The third-order valence-electron chi connectivity index (χ3n) is 5.20. The van der Waals surface area contributed by atoms with Gasteiger partial charge in [-0.1, -0.05) is 11.6 Å². The lowest BCUT2D eigenvalue weighted by molar-refractivity contribution is 0.0568. The van der Waals surface area contributed by atoms with E-state index in [0.717, 1.165) is 0 Å². The summed E-state index contributed by atoms with van der Waals surface area (Å²) in [5.74, 6) is 1.28. The Labute approximate surface area is 205 Å². The third kappa shape index (κ3) is 5.65. The number of aromatic nitrogens is 7. The lowest BCUT2D eigenvalue weighted by atomic mass is 9.99. The van der Waals surface area contributed by atoms with Crippen molar-refractivity contribution in [1.82, 2.24) is 34.5 Å². The molecule has 0 aliphatic carbocycles. The summed E-state index contributed by atoms with van der Waals surface area (Å²) in [7, 11) is 1.76. The van der Waals surface area contributed by atoms with E-state index in [-0.39, 0.29) is 5.15 Å². The smallest absolute Gasteiger partial charge is 0.333 e. The molecule has 4 rings (SSSR count). The summed E-state index contributed by atoms with van der Waals surface area (Å²) >= 11 is 6.11. The van der Waals surface area contributed by atoms with Gasteiger partial charge in [-0.3, -0.25) is 0 Å². The van der Waals surface area contributed by atoms with Crippen LogP contribution < -0.4 is 15.8 Å². The van der Waals surface area contributed by atoms with E-state index < -0.39 is 12.1 Å². The van der Waals surface area contributed by atoms with Crippen LogP contribution in [0.3, 0.4) is 0 Å². The van der Waals surface area contributed by atoms with Gasteiger partial charge in [0.15, 0.2) is 5.82 Å². The molecule has 0 radical (unpaired) electrons. The van der Waals surface area contributed by atoms with Crippen molar-refractivity contribution in [3.8, 4) is 28.5 Å². The Hall–Kier alpha value is -3.80. The molecule has 0 aliphatic heterocycles. The Morgan fingerprint density at radius 2 is 2.00 bits per heavy atom. The molecule has 0 atom stereocenters. The van der Waals surface area contributed by atoms with E-state index in [4.69, 9.17) is 22.1 Å². The van der Waals surface area contributed by atoms with Crippen LogP contribution in [0.15, 0.2) is 43.0 Å². The highest BCUT2D eigenvalue weighted by Gasteiger charge is 2.23. The predicted molar refractivity (Wildman–Crippen MR) is 128 cm³/mol. The number of nitrogens with zero attached hydrogens (tertiary/aromatic N) is 7. The molecular formula is C22H24ClF2N9O. The van der Waals surface area contributed by atoms with Gasteiger partial charge in [-0.05, 0) is 32.0 Å². The van der Waals surface area contributed by atoms with Gasteiger partial charge in [0.05, 0.1) is 18.5 Å². The maximum absolute atomic E-state index is 13.0. The average Bonchev–Trinajstić information content (AvgIpc) is 3.41. The molecule has 13 heteroatoms. The molecule has 0 aliphatic rings. The second kappa shape index (κ2) is 9.82. The fraction of sp³-hybridized carbons (Fsp3) is 0.318. The van der Waals surface area contributed by atoms with E-state index in [1.165, 1.54) is 18.5 Å². The molecule has 0 spiro atoms. The van der Waals surface area contributed by atoms with Gasteiger partial charge < -0.3 is 15.8 Å². The summed E-state index contributed by atoms with van der Waals surface area (Å²) in [6.45, 7) is 1.57. The summed E-state index contributed by atoms with van der Waals surface area (Å²) in [4.78, 5) is 12.6. The number of hydrogen-bond acceptors (Lipinski definition) is 8. The molecule has 4 aromatic rings. The van der Waals surface area contributed by atoms with Gasteiger partial charge in [-0.2, -0.15) is 19.0 Å². The minimum absolute atomic E-state index is 0.262. The van der Waals surface area contributed by atoms with Gasteiger partial charge >= 0.3 is 6.55 Å². The molecule has 10 nitrogen and oxygen atoms in total. The van der Waals surface area contributed by atoms with Crippen molar-refractivity contribution in [3.63, 3.8) is 0 Å². The van der Waals surface area contributed by atoms with E-state index in [1.807, 2.05) is 13.8 Å². The number of ether oxygens (including phenoxy) is 1. The molecule has 0 fully saturated rings. The van der Waals surface area contributed by atoms with Crippen molar-refractivity contribution < 1.29 is 13.5 Å². The Kier molecular flexibility index (Phi) is 6.83. The van der Waals surface area contributed by atoms with E-state index in [2.05, 4.69) is 30.5 Å². The highest BCUT2D eigenvalue weighted by molar-refractivity contribution is 6.29. The van der Waals surface area contributed by atoms with Crippen LogP contribution in [0.1, 0.15) is 26.8 Å². The Balaban J connectivity index is 1.48. The summed E-state index contributed by atoms with van der Waals surface area (Å²) in [6, 6.07) is 4.74. The number of pyridine rings is 1. The fourth-order valence-corrected chi connectivity index (χ4v) is 3.57. The van der Waals surface area contributed by atoms with Crippen molar-refractivity contribution in [2.75, 3.05) is 17.7 Å². The molecule has 0 saturated carbocycles. The molecule has 0 saturated heterocycles. The van der Waals surface area contributed by atoms with Crippen LogP contribution in [-0.4, -0.2) is 46.7 Å². The number of alkyl halides is 2. The van der Waals surface area contributed by atoms with Gasteiger partial charge in [-0.25, -0.2) is 24.3 Å². The Bertz CT molecular complexity index is 1320. The largest absolute Gasteiger partial charge is 0.477 e. The maximum atomic E-state index is 13.0. The number of halogens is 3. The molecule has 0 bridgehead atoms. The SMILES string of the molecule is Cn1ncc(-c2nccc(N)n2)c1OCCC(C)(C)Nc1cc(Cl)ncc1-c1ccn(C(F)F)n1. The van der Waals surface area contributed by atoms with Crippen LogP contribution >= 0.6 is 11.6 Å². The first-order valence-corrected chi connectivity index (χ1v) is 11.0. The van der Waals surface area contributed by atoms with E-state index in [9.17, 15) is 8.78 Å². The third-order valence-corrected chi connectivity index (χ3v) is 5.40. The number of hydrogen-bond donors (Lipinski definition) is 2. The van der Waals surface area contributed by atoms with E-state index in [1.54, 1.807) is 36.3 Å². The molecule has 0 amide bonds. The highest BCUT2D eigenvalue weighted by atomic mass is 35.5. The second-order valence-corrected chi connectivity index (χ2v) is 8.80. The molecule has 35 heavy (non-hydrogen) atoms. The van der Waals surface area contributed by atoms with Crippen LogP contribution in [0.25, 0.3) is 22.6 Å². The number of anilines is 2. The van der Waals surface area contributed by atoms with Crippen LogP contribution in [0.2, 0.25) is 5.15 Å². The number of nitrogens with two attached hydrogens (primary N) is 1. The molecule has 4 aromatic heterocycles. The number of nitrogens with one attached hydrogen (secondary N) is 1. The lowest BCUT2D eigenvalue weighted by Gasteiger charge is -2.28. The maximum Gasteiger partial charge on any atom is 0.333 e. The van der Waals surface area contributed by atoms with Gasteiger partial charge in [0.2, 0.25) is 5.88 Å². The first kappa shape index (κ1) is 24.3. The average molecular weight is 504 g/mol. The second-order valence-electron chi connectivity index (χ2n) is 8.41. The van der Waals surface area contributed by atoms with E-state index in [0.29, 0.717) is 57.7 Å². The highest BCUT2D eigenvalue weighted by Crippen LogP contribution is 2.32. The summed E-state index contributed by atoms with van der Waals surface area (Å²) in [5, 5.41) is 11.9. The number of rotatable bonds is 9. The zero-order valence-corrected chi connectivity index (χ0v) is 20.0. The Morgan fingerprint density at radius 3 is 2.71 bits per heavy atom. The van der Waals surface area contributed by atoms with Gasteiger partial charge in [0.1, 0.15) is 16.5 Å². The lowest BCUT2D eigenvalue weighted by Crippen LogP contribution is -2.33.